The first-order valence-electron chi connectivity index (χ1n) is 8.66. The molecule has 0 aliphatic carbocycles. The summed E-state index contributed by atoms with van der Waals surface area (Å²) in [5.74, 6) is -0.432. The molecule has 5 nitrogen and oxygen atoms in total. The fraction of sp³-hybridized carbons (Fsp3) is 0.300. The molecule has 3 rings (SSSR count). The number of carbonyl (C=O) groups is 2. The third kappa shape index (κ3) is 4.67. The molecule has 1 saturated heterocycles. The summed E-state index contributed by atoms with van der Waals surface area (Å²) in [6.45, 7) is 2.09. The molecule has 2 amide bonds. The second kappa shape index (κ2) is 8.10. The number of amides is 2. The Hall–Kier alpha value is -2.73. The van der Waals surface area contributed by atoms with Crippen molar-refractivity contribution < 1.29 is 14.0 Å². The predicted molar refractivity (Wildman–Crippen MR) is 97.9 cm³/mol. The van der Waals surface area contributed by atoms with E-state index >= 15 is 0 Å². The zero-order valence-electron chi connectivity index (χ0n) is 14.6. The third-order valence-corrected chi connectivity index (χ3v) is 4.45. The van der Waals surface area contributed by atoms with E-state index in [4.69, 9.17) is 0 Å². The van der Waals surface area contributed by atoms with Crippen LogP contribution in [0.2, 0.25) is 0 Å². The summed E-state index contributed by atoms with van der Waals surface area (Å²) in [5.41, 5.74) is 2.58. The molecule has 2 aromatic carbocycles. The lowest BCUT2D eigenvalue weighted by Gasteiger charge is -2.33. The first kappa shape index (κ1) is 18.1. The van der Waals surface area contributed by atoms with E-state index in [1.165, 1.54) is 19.1 Å². The molecule has 0 unspecified atom stereocenters. The van der Waals surface area contributed by atoms with Crippen LogP contribution in [0.4, 0.5) is 10.1 Å². The van der Waals surface area contributed by atoms with Gasteiger partial charge in [-0.25, -0.2) is 4.39 Å². The fourth-order valence-corrected chi connectivity index (χ4v) is 3.19. The van der Waals surface area contributed by atoms with Crippen LogP contribution in [-0.2, 0) is 16.1 Å². The molecule has 2 aromatic rings. The smallest absolute Gasteiger partial charge is 0.221 e. The first-order chi connectivity index (χ1) is 12.5. The quantitative estimate of drug-likeness (QED) is 0.772. The van der Waals surface area contributed by atoms with Crippen LogP contribution in [0.1, 0.15) is 36.9 Å². The summed E-state index contributed by atoms with van der Waals surface area (Å²) in [4.78, 5) is 22.9. The molecule has 0 bridgehead atoms. The standard InChI is InChI=1S/C20H22FN3O2/c1-13(25)23-17-7-5-14(6-8-17)12-22-18-9-10-19(26)24-20(18)15-3-2-4-16(21)11-15/h2-8,11,18,20,22H,9-10,12H2,1H3,(H,23,25)(H,24,26)/t18-,20+/m1/s1. The molecule has 1 heterocycles. The van der Waals surface area contributed by atoms with Gasteiger partial charge in [0.2, 0.25) is 11.8 Å². The Labute approximate surface area is 152 Å². The van der Waals surface area contributed by atoms with Crippen LogP contribution in [0.25, 0.3) is 0 Å². The molecule has 2 atom stereocenters. The highest BCUT2D eigenvalue weighted by Gasteiger charge is 2.29. The lowest BCUT2D eigenvalue weighted by Crippen LogP contribution is -2.48. The molecule has 0 spiro atoms. The third-order valence-electron chi connectivity index (χ3n) is 4.45. The molecular formula is C20H22FN3O2. The van der Waals surface area contributed by atoms with Crippen molar-refractivity contribution in [2.45, 2.75) is 38.4 Å². The summed E-state index contributed by atoms with van der Waals surface area (Å²) in [6, 6.07) is 13.7. The highest BCUT2D eigenvalue weighted by molar-refractivity contribution is 5.88. The summed E-state index contributed by atoms with van der Waals surface area (Å²) in [6.07, 6.45) is 1.14. The average molecular weight is 355 g/mol. The highest BCUT2D eigenvalue weighted by Crippen LogP contribution is 2.25. The van der Waals surface area contributed by atoms with Crippen molar-refractivity contribution in [1.82, 2.24) is 10.6 Å². The Balaban J connectivity index is 1.66. The number of hydrogen-bond donors (Lipinski definition) is 3. The minimum atomic E-state index is -0.311. The zero-order valence-corrected chi connectivity index (χ0v) is 14.6. The SMILES string of the molecule is CC(=O)Nc1ccc(CN[C@@H]2CCC(=O)N[C@H]2c2cccc(F)c2)cc1. The maximum Gasteiger partial charge on any atom is 0.221 e. The van der Waals surface area contributed by atoms with Crippen molar-refractivity contribution in [2.24, 2.45) is 0 Å². The number of halogens is 1. The maximum absolute atomic E-state index is 13.6. The average Bonchev–Trinajstić information content (AvgIpc) is 2.61. The normalized spacial score (nSPS) is 19.7. The highest BCUT2D eigenvalue weighted by atomic mass is 19.1. The minimum Gasteiger partial charge on any atom is -0.348 e. The summed E-state index contributed by atoms with van der Waals surface area (Å²) in [5, 5.41) is 9.16. The second-order valence-corrected chi connectivity index (χ2v) is 6.50. The largest absolute Gasteiger partial charge is 0.348 e. The number of piperidine rings is 1. The van der Waals surface area contributed by atoms with E-state index in [1.807, 2.05) is 30.3 Å². The van der Waals surface area contributed by atoms with E-state index in [0.29, 0.717) is 19.4 Å². The molecular weight excluding hydrogens is 333 g/mol. The van der Waals surface area contributed by atoms with E-state index in [-0.39, 0.29) is 29.7 Å². The van der Waals surface area contributed by atoms with Crippen LogP contribution < -0.4 is 16.0 Å². The van der Waals surface area contributed by atoms with Crippen molar-refractivity contribution in [2.75, 3.05) is 5.32 Å². The van der Waals surface area contributed by atoms with Crippen molar-refractivity contribution >= 4 is 17.5 Å². The van der Waals surface area contributed by atoms with Gasteiger partial charge in [-0.1, -0.05) is 24.3 Å². The second-order valence-electron chi connectivity index (χ2n) is 6.50. The summed E-state index contributed by atoms with van der Waals surface area (Å²) < 4.78 is 13.6. The number of benzene rings is 2. The molecule has 26 heavy (non-hydrogen) atoms. The van der Waals surface area contributed by atoms with Gasteiger partial charge < -0.3 is 16.0 Å². The minimum absolute atomic E-state index is 0.0167. The van der Waals surface area contributed by atoms with E-state index in [1.54, 1.807) is 6.07 Å². The molecule has 1 aliphatic rings. The number of anilines is 1. The zero-order chi connectivity index (χ0) is 18.5. The predicted octanol–water partition coefficient (Wildman–Crippen LogP) is 2.89. The molecule has 0 aromatic heterocycles. The molecule has 6 heteroatoms. The van der Waals surface area contributed by atoms with Gasteiger partial charge >= 0.3 is 0 Å². The molecule has 1 fully saturated rings. The Morgan fingerprint density at radius 3 is 2.69 bits per heavy atom. The van der Waals surface area contributed by atoms with E-state index in [9.17, 15) is 14.0 Å². The lowest BCUT2D eigenvalue weighted by atomic mass is 9.91. The van der Waals surface area contributed by atoms with E-state index in [0.717, 1.165) is 16.8 Å². The van der Waals surface area contributed by atoms with Gasteiger partial charge in [0.25, 0.3) is 0 Å². The molecule has 3 N–H and O–H groups in total. The van der Waals surface area contributed by atoms with Gasteiger partial charge in [-0.2, -0.15) is 0 Å². The van der Waals surface area contributed by atoms with Gasteiger partial charge in [-0.05, 0) is 41.8 Å². The van der Waals surface area contributed by atoms with Crippen LogP contribution >= 0.6 is 0 Å². The summed E-state index contributed by atoms with van der Waals surface area (Å²) >= 11 is 0. The first-order valence-corrected chi connectivity index (χ1v) is 8.66. The molecule has 136 valence electrons. The van der Waals surface area contributed by atoms with Gasteiger partial charge in [0.1, 0.15) is 5.82 Å². The Kier molecular flexibility index (Phi) is 5.63. The van der Waals surface area contributed by atoms with E-state index in [2.05, 4.69) is 16.0 Å². The number of rotatable bonds is 5. The van der Waals surface area contributed by atoms with Gasteiger partial charge in [0.05, 0.1) is 6.04 Å². The van der Waals surface area contributed by atoms with E-state index < -0.39 is 0 Å². The fourth-order valence-electron chi connectivity index (χ4n) is 3.19. The Morgan fingerprint density at radius 1 is 1.23 bits per heavy atom. The van der Waals surface area contributed by atoms with Crippen LogP contribution in [0.15, 0.2) is 48.5 Å². The van der Waals surface area contributed by atoms with Crippen molar-refractivity contribution in [3.05, 3.63) is 65.5 Å². The molecule has 0 radical (unpaired) electrons. The van der Waals surface area contributed by atoms with Crippen LogP contribution in [0, 0.1) is 5.82 Å². The maximum atomic E-state index is 13.6. The van der Waals surface area contributed by atoms with Gasteiger partial charge in [-0.3, -0.25) is 9.59 Å². The number of carbonyl (C=O) groups excluding carboxylic acids is 2. The molecule has 1 aliphatic heterocycles. The summed E-state index contributed by atoms with van der Waals surface area (Å²) in [7, 11) is 0. The van der Waals surface area contributed by atoms with Crippen LogP contribution in [0.3, 0.4) is 0 Å². The van der Waals surface area contributed by atoms with Crippen molar-refractivity contribution in [1.29, 1.82) is 0 Å². The Morgan fingerprint density at radius 2 is 2.00 bits per heavy atom. The van der Waals surface area contributed by atoms with Gasteiger partial charge in [0.15, 0.2) is 0 Å². The van der Waals surface area contributed by atoms with Crippen molar-refractivity contribution in [3.63, 3.8) is 0 Å². The van der Waals surface area contributed by atoms with Gasteiger partial charge in [-0.15, -0.1) is 0 Å². The number of hydrogen-bond acceptors (Lipinski definition) is 3. The van der Waals surface area contributed by atoms with Gasteiger partial charge in [0, 0.05) is 31.6 Å². The van der Waals surface area contributed by atoms with Crippen molar-refractivity contribution in [3.8, 4) is 0 Å². The topological polar surface area (TPSA) is 70.2 Å². The van der Waals surface area contributed by atoms with Crippen LogP contribution in [-0.4, -0.2) is 17.9 Å². The number of nitrogens with one attached hydrogen (secondary N) is 3. The molecule has 0 saturated carbocycles. The lowest BCUT2D eigenvalue weighted by molar-refractivity contribution is -0.124. The van der Waals surface area contributed by atoms with Crippen LogP contribution in [0.5, 0.6) is 0 Å². The monoisotopic (exact) mass is 355 g/mol. The Bertz CT molecular complexity index is 792.